The molecule has 0 saturated heterocycles. The monoisotopic (exact) mass is 195 g/mol. The second kappa shape index (κ2) is 2.97. The van der Waals surface area contributed by atoms with Crippen LogP contribution in [-0.2, 0) is 0 Å². The molecule has 4 N–H and O–H groups in total. The predicted octanol–water partition coefficient (Wildman–Crippen LogP) is 0.162. The molecule has 0 spiro atoms. The number of aliphatic hydroxyl groups excluding tert-OH is 2. The third-order valence-corrected chi connectivity index (χ3v) is 2.24. The van der Waals surface area contributed by atoms with Gasteiger partial charge in [0.25, 0.3) is 0 Å². The number of carbonyl (C=O) groups is 1. The lowest BCUT2D eigenvalue weighted by Crippen LogP contribution is -2.19. The van der Waals surface area contributed by atoms with Gasteiger partial charge in [-0.05, 0) is 6.07 Å². The molecular formula is C9H9NO4. The minimum absolute atomic E-state index is 0.0538. The molecular weight excluding hydrogens is 186 g/mol. The summed E-state index contributed by atoms with van der Waals surface area (Å²) >= 11 is 0. The van der Waals surface area contributed by atoms with Crippen molar-refractivity contribution in [3.05, 3.63) is 29.3 Å². The highest BCUT2D eigenvalue weighted by molar-refractivity contribution is 5.95. The molecule has 0 saturated carbocycles. The summed E-state index contributed by atoms with van der Waals surface area (Å²) in [5, 5.41) is 30.1. The summed E-state index contributed by atoms with van der Waals surface area (Å²) in [6.45, 7) is 0. The molecule has 1 aromatic rings. The van der Waals surface area contributed by atoms with E-state index in [1.807, 2.05) is 0 Å². The second-order valence-electron chi connectivity index (χ2n) is 3.11. The summed E-state index contributed by atoms with van der Waals surface area (Å²) in [4.78, 5) is 10.8. The number of aliphatic hydroxyl groups is 2. The predicted molar refractivity (Wildman–Crippen MR) is 48.0 cm³/mol. The summed E-state index contributed by atoms with van der Waals surface area (Å²) in [5.74, 6) is -1.09. The number of aromatic carboxylic acids is 1. The van der Waals surface area contributed by atoms with Gasteiger partial charge in [-0.1, -0.05) is 12.1 Å². The standard InChI is InChI=1S/C9H9NO4/c11-7-4-2-1-3-5(9(13)14)6(4)10-8(7)12/h1-3,7-8,10-12H,(H,13,14). The number of rotatable bonds is 1. The first-order valence-electron chi connectivity index (χ1n) is 4.10. The van der Waals surface area contributed by atoms with Crippen LogP contribution in [0.1, 0.15) is 22.0 Å². The molecule has 2 rings (SSSR count). The molecule has 1 aromatic carbocycles. The Kier molecular flexibility index (Phi) is 1.90. The van der Waals surface area contributed by atoms with Crippen LogP contribution in [0.3, 0.4) is 0 Å². The highest BCUT2D eigenvalue weighted by Crippen LogP contribution is 2.35. The fraction of sp³-hybridized carbons (Fsp3) is 0.222. The molecule has 0 fully saturated rings. The van der Waals surface area contributed by atoms with Gasteiger partial charge in [0.15, 0.2) is 6.23 Å². The number of hydrogen-bond acceptors (Lipinski definition) is 4. The zero-order chi connectivity index (χ0) is 10.3. The van der Waals surface area contributed by atoms with Crippen LogP contribution >= 0.6 is 0 Å². The van der Waals surface area contributed by atoms with Crippen LogP contribution in [-0.4, -0.2) is 27.5 Å². The topological polar surface area (TPSA) is 89.8 Å². The van der Waals surface area contributed by atoms with Crippen molar-refractivity contribution in [3.8, 4) is 0 Å². The number of para-hydroxylation sites is 1. The van der Waals surface area contributed by atoms with E-state index in [4.69, 9.17) is 5.11 Å². The highest BCUT2D eigenvalue weighted by Gasteiger charge is 2.31. The highest BCUT2D eigenvalue weighted by atomic mass is 16.4. The van der Waals surface area contributed by atoms with Crippen LogP contribution in [0.5, 0.6) is 0 Å². The first kappa shape index (κ1) is 8.98. The molecule has 0 radical (unpaired) electrons. The van der Waals surface area contributed by atoms with E-state index >= 15 is 0 Å². The summed E-state index contributed by atoms with van der Waals surface area (Å²) in [7, 11) is 0. The van der Waals surface area contributed by atoms with Crippen LogP contribution < -0.4 is 5.32 Å². The zero-order valence-corrected chi connectivity index (χ0v) is 7.14. The van der Waals surface area contributed by atoms with E-state index in [1.54, 1.807) is 6.07 Å². The Bertz CT molecular complexity index is 390. The van der Waals surface area contributed by atoms with Gasteiger partial charge in [0.1, 0.15) is 6.10 Å². The van der Waals surface area contributed by atoms with Gasteiger partial charge in [0.2, 0.25) is 0 Å². The van der Waals surface area contributed by atoms with Crippen molar-refractivity contribution in [1.82, 2.24) is 0 Å². The Labute approximate surface area is 79.6 Å². The van der Waals surface area contributed by atoms with Gasteiger partial charge in [-0.25, -0.2) is 4.79 Å². The molecule has 2 unspecified atom stereocenters. The van der Waals surface area contributed by atoms with Crippen molar-refractivity contribution < 1.29 is 20.1 Å². The number of anilines is 1. The van der Waals surface area contributed by atoms with E-state index in [1.165, 1.54) is 12.1 Å². The van der Waals surface area contributed by atoms with Gasteiger partial charge < -0.3 is 20.6 Å². The molecule has 1 heterocycles. The molecule has 1 aliphatic heterocycles. The van der Waals surface area contributed by atoms with E-state index in [0.29, 0.717) is 11.3 Å². The summed E-state index contributed by atoms with van der Waals surface area (Å²) in [6.07, 6.45) is -2.20. The average molecular weight is 195 g/mol. The minimum atomic E-state index is -1.13. The van der Waals surface area contributed by atoms with Gasteiger partial charge in [0, 0.05) is 5.56 Å². The Hall–Kier alpha value is -1.59. The maximum Gasteiger partial charge on any atom is 0.337 e. The van der Waals surface area contributed by atoms with Gasteiger partial charge in [-0.15, -0.1) is 0 Å². The Balaban J connectivity index is 2.56. The fourth-order valence-electron chi connectivity index (χ4n) is 1.55. The number of nitrogens with one attached hydrogen (secondary N) is 1. The molecule has 5 nitrogen and oxygen atoms in total. The number of fused-ring (bicyclic) bond motifs is 1. The first-order valence-corrected chi connectivity index (χ1v) is 4.10. The quantitative estimate of drug-likeness (QED) is 0.512. The van der Waals surface area contributed by atoms with Crippen molar-refractivity contribution in [2.75, 3.05) is 5.32 Å². The molecule has 14 heavy (non-hydrogen) atoms. The molecule has 0 bridgehead atoms. The maximum absolute atomic E-state index is 10.8. The van der Waals surface area contributed by atoms with Gasteiger partial charge >= 0.3 is 5.97 Å². The van der Waals surface area contributed by atoms with E-state index < -0.39 is 18.3 Å². The zero-order valence-electron chi connectivity index (χ0n) is 7.14. The second-order valence-corrected chi connectivity index (χ2v) is 3.11. The van der Waals surface area contributed by atoms with Crippen molar-refractivity contribution in [2.24, 2.45) is 0 Å². The van der Waals surface area contributed by atoms with Gasteiger partial charge in [0.05, 0.1) is 11.3 Å². The number of benzene rings is 1. The van der Waals surface area contributed by atoms with Crippen LogP contribution in [0.25, 0.3) is 0 Å². The van der Waals surface area contributed by atoms with Crippen molar-refractivity contribution >= 4 is 11.7 Å². The van der Waals surface area contributed by atoms with Crippen LogP contribution in [0.4, 0.5) is 5.69 Å². The first-order chi connectivity index (χ1) is 6.61. The molecule has 74 valence electrons. The van der Waals surface area contributed by atoms with Crippen LogP contribution in [0.15, 0.2) is 18.2 Å². The fourth-order valence-corrected chi connectivity index (χ4v) is 1.55. The summed E-state index contributed by atoms with van der Waals surface area (Å²) < 4.78 is 0. The maximum atomic E-state index is 10.8. The molecule has 0 aromatic heterocycles. The lowest BCUT2D eigenvalue weighted by Gasteiger charge is -2.06. The normalized spacial score (nSPS) is 24.1. The number of hydrogen-bond donors (Lipinski definition) is 4. The third-order valence-electron chi connectivity index (χ3n) is 2.24. The molecule has 2 atom stereocenters. The Morgan fingerprint density at radius 2 is 2.07 bits per heavy atom. The van der Waals surface area contributed by atoms with E-state index in [-0.39, 0.29) is 5.56 Å². The van der Waals surface area contributed by atoms with E-state index in [9.17, 15) is 15.0 Å². The molecule has 0 aliphatic carbocycles. The SMILES string of the molecule is O=C(O)c1cccc2c1NC(O)C2O. The number of carboxylic acid groups (broad SMARTS) is 1. The lowest BCUT2D eigenvalue weighted by molar-refractivity contribution is 0.0462. The minimum Gasteiger partial charge on any atom is -0.478 e. The van der Waals surface area contributed by atoms with Crippen molar-refractivity contribution in [2.45, 2.75) is 12.3 Å². The molecule has 0 amide bonds. The summed E-state index contributed by atoms with van der Waals surface area (Å²) in [6, 6.07) is 4.53. The Morgan fingerprint density at radius 1 is 1.36 bits per heavy atom. The smallest absolute Gasteiger partial charge is 0.337 e. The Morgan fingerprint density at radius 3 is 2.71 bits per heavy atom. The third kappa shape index (κ3) is 1.14. The summed E-state index contributed by atoms with van der Waals surface area (Å²) in [5.41, 5.74) is 0.760. The van der Waals surface area contributed by atoms with E-state index in [2.05, 4.69) is 5.32 Å². The number of carboxylic acids is 1. The van der Waals surface area contributed by atoms with E-state index in [0.717, 1.165) is 0 Å². The van der Waals surface area contributed by atoms with Gasteiger partial charge in [-0.3, -0.25) is 0 Å². The van der Waals surface area contributed by atoms with Gasteiger partial charge in [-0.2, -0.15) is 0 Å². The lowest BCUT2D eigenvalue weighted by atomic mass is 10.1. The largest absolute Gasteiger partial charge is 0.478 e. The van der Waals surface area contributed by atoms with Crippen LogP contribution in [0.2, 0.25) is 0 Å². The van der Waals surface area contributed by atoms with Crippen molar-refractivity contribution in [3.63, 3.8) is 0 Å². The molecule has 5 heteroatoms. The van der Waals surface area contributed by atoms with Crippen LogP contribution in [0, 0.1) is 0 Å². The average Bonchev–Trinajstić information content (AvgIpc) is 2.43. The van der Waals surface area contributed by atoms with Crippen molar-refractivity contribution in [1.29, 1.82) is 0 Å². The molecule has 1 aliphatic rings.